The minimum absolute atomic E-state index is 0. The van der Waals surface area contributed by atoms with E-state index in [4.69, 9.17) is 9.47 Å². The molecule has 0 unspecified atom stereocenters. The van der Waals surface area contributed by atoms with Gasteiger partial charge in [-0.1, -0.05) is 6.07 Å². The van der Waals surface area contributed by atoms with Crippen LogP contribution in [0.5, 0.6) is 5.75 Å². The van der Waals surface area contributed by atoms with Crippen LogP contribution >= 0.6 is 12.4 Å². The van der Waals surface area contributed by atoms with E-state index in [2.05, 4.69) is 15.5 Å². The lowest BCUT2D eigenvalue weighted by Gasteiger charge is -2.22. The number of hydrogen-bond donors (Lipinski definition) is 2. The number of carbonyl (C=O) groups excluding carboxylic acids is 1. The molecule has 7 heteroatoms. The monoisotopic (exact) mass is 357 g/mol. The highest BCUT2D eigenvalue weighted by molar-refractivity contribution is 5.91. The molecule has 2 N–H and O–H groups in total. The second kappa shape index (κ2) is 11.3. The third kappa shape index (κ3) is 7.97. The molecular weight excluding hydrogens is 330 g/mol. The van der Waals surface area contributed by atoms with Crippen molar-refractivity contribution in [2.45, 2.75) is 18.9 Å². The molecule has 0 atom stereocenters. The van der Waals surface area contributed by atoms with Crippen LogP contribution in [0.4, 0.5) is 5.69 Å². The first-order valence-corrected chi connectivity index (χ1v) is 8.13. The van der Waals surface area contributed by atoms with Crippen LogP contribution in [-0.4, -0.2) is 63.9 Å². The Morgan fingerprint density at radius 2 is 2.08 bits per heavy atom. The fourth-order valence-electron chi connectivity index (χ4n) is 2.36. The van der Waals surface area contributed by atoms with Gasteiger partial charge in [0.2, 0.25) is 5.91 Å². The van der Waals surface area contributed by atoms with Crippen LogP contribution in [0.3, 0.4) is 0 Å². The Morgan fingerprint density at radius 3 is 2.79 bits per heavy atom. The van der Waals surface area contributed by atoms with Gasteiger partial charge in [-0.05, 0) is 52.2 Å². The van der Waals surface area contributed by atoms with Gasteiger partial charge in [-0.15, -0.1) is 12.4 Å². The largest absolute Gasteiger partial charge is 0.492 e. The highest BCUT2D eigenvalue weighted by atomic mass is 35.5. The van der Waals surface area contributed by atoms with Gasteiger partial charge in [-0.3, -0.25) is 4.79 Å². The molecular formula is C17H28ClN3O3. The van der Waals surface area contributed by atoms with Crippen molar-refractivity contribution in [2.24, 2.45) is 0 Å². The van der Waals surface area contributed by atoms with Gasteiger partial charge in [0, 0.05) is 18.3 Å². The quantitative estimate of drug-likeness (QED) is 0.742. The maximum atomic E-state index is 12.0. The summed E-state index contributed by atoms with van der Waals surface area (Å²) in [5.74, 6) is 0.623. The van der Waals surface area contributed by atoms with Crippen LogP contribution in [-0.2, 0) is 9.53 Å². The number of halogens is 1. The number of hydrogen-bond acceptors (Lipinski definition) is 5. The Bertz CT molecular complexity index is 494. The fourth-order valence-corrected chi connectivity index (χ4v) is 2.36. The first-order valence-electron chi connectivity index (χ1n) is 8.13. The molecule has 0 aliphatic carbocycles. The molecule has 136 valence electrons. The molecule has 6 nitrogen and oxygen atoms in total. The maximum absolute atomic E-state index is 12.0. The minimum Gasteiger partial charge on any atom is -0.492 e. The summed E-state index contributed by atoms with van der Waals surface area (Å²) in [7, 11) is 4.00. The van der Waals surface area contributed by atoms with Crippen molar-refractivity contribution >= 4 is 24.0 Å². The number of ether oxygens (including phenoxy) is 2. The van der Waals surface area contributed by atoms with Gasteiger partial charge in [0.1, 0.15) is 19.0 Å². The summed E-state index contributed by atoms with van der Waals surface area (Å²) in [4.78, 5) is 14.0. The van der Waals surface area contributed by atoms with E-state index in [9.17, 15) is 4.79 Å². The lowest BCUT2D eigenvalue weighted by Crippen LogP contribution is -2.34. The van der Waals surface area contributed by atoms with Gasteiger partial charge < -0.3 is 25.0 Å². The number of nitrogens with zero attached hydrogens (tertiary/aromatic N) is 1. The highest BCUT2D eigenvalue weighted by Gasteiger charge is 2.14. The first-order chi connectivity index (χ1) is 11.1. The van der Waals surface area contributed by atoms with Crippen LogP contribution in [0.2, 0.25) is 0 Å². The van der Waals surface area contributed by atoms with Gasteiger partial charge in [-0.25, -0.2) is 0 Å². The number of piperidine rings is 1. The molecule has 1 saturated heterocycles. The zero-order chi connectivity index (χ0) is 16.5. The zero-order valence-corrected chi connectivity index (χ0v) is 15.2. The van der Waals surface area contributed by atoms with Crippen LogP contribution in [0.1, 0.15) is 12.8 Å². The van der Waals surface area contributed by atoms with E-state index in [0.29, 0.717) is 6.61 Å². The highest BCUT2D eigenvalue weighted by Crippen LogP contribution is 2.17. The third-order valence-corrected chi connectivity index (χ3v) is 3.66. The fraction of sp³-hybridized carbons (Fsp3) is 0.588. The van der Waals surface area contributed by atoms with Crippen molar-refractivity contribution in [1.29, 1.82) is 0 Å². The molecule has 1 aromatic carbocycles. The third-order valence-electron chi connectivity index (χ3n) is 3.66. The molecule has 2 rings (SSSR count). The van der Waals surface area contributed by atoms with E-state index in [0.717, 1.165) is 43.9 Å². The molecule has 0 bridgehead atoms. The second-order valence-electron chi connectivity index (χ2n) is 5.99. The predicted octanol–water partition coefficient (Wildman–Crippen LogP) is 1.76. The number of benzene rings is 1. The lowest BCUT2D eigenvalue weighted by molar-refractivity contribution is -0.123. The number of nitrogens with one attached hydrogen (secondary N) is 2. The first kappa shape index (κ1) is 20.7. The van der Waals surface area contributed by atoms with E-state index in [1.807, 2.05) is 38.4 Å². The average molecular weight is 358 g/mol. The van der Waals surface area contributed by atoms with Crippen LogP contribution in [0, 0.1) is 0 Å². The number of carbonyl (C=O) groups is 1. The Hall–Kier alpha value is -1.34. The van der Waals surface area contributed by atoms with Gasteiger partial charge in [0.25, 0.3) is 0 Å². The van der Waals surface area contributed by atoms with Crippen LogP contribution in [0.15, 0.2) is 24.3 Å². The Balaban J connectivity index is 0.00000288. The summed E-state index contributed by atoms with van der Waals surface area (Å²) in [6.45, 7) is 3.47. The molecule has 0 spiro atoms. The smallest absolute Gasteiger partial charge is 0.250 e. The Morgan fingerprint density at radius 1 is 1.33 bits per heavy atom. The summed E-state index contributed by atoms with van der Waals surface area (Å²) in [5.41, 5.74) is 0.728. The summed E-state index contributed by atoms with van der Waals surface area (Å²) in [6, 6.07) is 7.43. The van der Waals surface area contributed by atoms with Crippen LogP contribution < -0.4 is 15.4 Å². The van der Waals surface area contributed by atoms with Gasteiger partial charge in [0.05, 0.1) is 6.10 Å². The molecule has 1 aliphatic heterocycles. The Kier molecular flexibility index (Phi) is 9.71. The molecule has 24 heavy (non-hydrogen) atoms. The van der Waals surface area contributed by atoms with E-state index < -0.39 is 0 Å². The maximum Gasteiger partial charge on any atom is 0.250 e. The molecule has 0 saturated carbocycles. The molecule has 1 heterocycles. The summed E-state index contributed by atoms with van der Waals surface area (Å²) in [6.07, 6.45) is 2.10. The summed E-state index contributed by atoms with van der Waals surface area (Å²) < 4.78 is 11.3. The predicted molar refractivity (Wildman–Crippen MR) is 98.2 cm³/mol. The summed E-state index contributed by atoms with van der Waals surface area (Å²) >= 11 is 0. The average Bonchev–Trinajstić information content (AvgIpc) is 2.54. The number of rotatable bonds is 8. The Labute approximate surface area is 150 Å². The number of anilines is 1. The van der Waals surface area contributed by atoms with E-state index in [-0.39, 0.29) is 31.0 Å². The normalized spacial score (nSPS) is 15.0. The van der Waals surface area contributed by atoms with E-state index in [1.165, 1.54) is 0 Å². The molecule has 1 aromatic rings. The van der Waals surface area contributed by atoms with Gasteiger partial charge >= 0.3 is 0 Å². The van der Waals surface area contributed by atoms with Crippen molar-refractivity contribution < 1.29 is 14.3 Å². The molecule has 0 radical (unpaired) electrons. The standard InChI is InChI=1S/C17H27N3O3.ClH/c1-20(2)10-11-22-16-5-3-4-14(12-16)19-17(21)13-23-15-6-8-18-9-7-15;/h3-5,12,15,18H,6-11,13H2,1-2H3,(H,19,21);1H. The van der Waals surface area contributed by atoms with Crippen molar-refractivity contribution in [3.63, 3.8) is 0 Å². The van der Waals surface area contributed by atoms with Gasteiger partial charge in [0.15, 0.2) is 0 Å². The molecule has 1 fully saturated rings. The number of amides is 1. The van der Waals surface area contributed by atoms with Crippen molar-refractivity contribution in [3.05, 3.63) is 24.3 Å². The SMILES string of the molecule is CN(C)CCOc1cccc(NC(=O)COC2CCNCC2)c1.Cl. The summed E-state index contributed by atoms with van der Waals surface area (Å²) in [5, 5.41) is 6.13. The van der Waals surface area contributed by atoms with E-state index in [1.54, 1.807) is 0 Å². The molecule has 1 amide bonds. The van der Waals surface area contributed by atoms with Crippen molar-refractivity contribution in [2.75, 3.05) is 52.3 Å². The second-order valence-corrected chi connectivity index (χ2v) is 5.99. The lowest BCUT2D eigenvalue weighted by atomic mass is 10.1. The van der Waals surface area contributed by atoms with Crippen molar-refractivity contribution in [1.82, 2.24) is 10.2 Å². The topological polar surface area (TPSA) is 62.8 Å². The molecule has 1 aliphatic rings. The zero-order valence-electron chi connectivity index (χ0n) is 14.4. The number of likely N-dealkylation sites (N-methyl/N-ethyl adjacent to an activating group) is 1. The van der Waals surface area contributed by atoms with Gasteiger partial charge in [-0.2, -0.15) is 0 Å². The molecule has 0 aromatic heterocycles. The minimum atomic E-state index is -0.131. The van der Waals surface area contributed by atoms with Crippen molar-refractivity contribution in [3.8, 4) is 5.75 Å². The van der Waals surface area contributed by atoms with Crippen LogP contribution in [0.25, 0.3) is 0 Å². The van der Waals surface area contributed by atoms with E-state index >= 15 is 0 Å².